The van der Waals surface area contributed by atoms with E-state index in [4.69, 9.17) is 4.74 Å². The molecule has 4 atom stereocenters. The molecule has 2 unspecified atom stereocenters. The predicted molar refractivity (Wildman–Crippen MR) is 62.5 cm³/mol. The molecule has 0 spiro atoms. The molecule has 0 aromatic rings. The van der Waals surface area contributed by atoms with E-state index in [0.29, 0.717) is 13.0 Å². The van der Waals surface area contributed by atoms with Crippen LogP contribution >= 0.6 is 0 Å². The first-order chi connectivity index (χ1) is 7.72. The van der Waals surface area contributed by atoms with Crippen LogP contribution in [0.15, 0.2) is 12.2 Å². The summed E-state index contributed by atoms with van der Waals surface area (Å²) in [7, 11) is 0. The van der Waals surface area contributed by atoms with Gasteiger partial charge >= 0.3 is 0 Å². The Hall–Kier alpha value is -0.710. The average Bonchev–Trinajstić information content (AvgIpc) is 2.33. The van der Waals surface area contributed by atoms with Gasteiger partial charge in [-0.15, -0.1) is 0 Å². The first-order valence-electron chi connectivity index (χ1n) is 5.98. The van der Waals surface area contributed by atoms with Gasteiger partial charge in [-0.25, -0.2) is 0 Å². The van der Waals surface area contributed by atoms with Crippen LogP contribution in [0.1, 0.15) is 33.6 Å². The zero-order valence-electron chi connectivity index (χ0n) is 10.6. The summed E-state index contributed by atoms with van der Waals surface area (Å²) in [6, 6.07) is 0. The Labute approximate surface area is 101 Å². The minimum absolute atomic E-state index is 0.127. The molecule has 2 aliphatic rings. The molecular formula is C13H20O4. The van der Waals surface area contributed by atoms with Crippen LogP contribution in [0.25, 0.3) is 0 Å². The van der Waals surface area contributed by atoms with E-state index >= 15 is 0 Å². The maximum Gasteiger partial charge on any atom is 0.136 e. The fraction of sp³-hybridized carbons (Fsp3) is 0.769. The summed E-state index contributed by atoms with van der Waals surface area (Å²) in [6.45, 7) is 5.63. The van der Waals surface area contributed by atoms with Gasteiger partial charge in [0.15, 0.2) is 0 Å². The van der Waals surface area contributed by atoms with Crippen LogP contribution in [-0.4, -0.2) is 39.9 Å². The lowest BCUT2D eigenvalue weighted by atomic mass is 9.59. The quantitative estimate of drug-likeness (QED) is 0.701. The van der Waals surface area contributed by atoms with E-state index in [9.17, 15) is 15.0 Å². The molecule has 96 valence electrons. The molecular weight excluding hydrogens is 220 g/mol. The van der Waals surface area contributed by atoms with Crippen LogP contribution in [0.3, 0.4) is 0 Å². The lowest BCUT2D eigenvalue weighted by Crippen LogP contribution is -2.60. The van der Waals surface area contributed by atoms with E-state index in [-0.39, 0.29) is 12.2 Å². The molecule has 0 radical (unpaired) electrons. The second-order valence-corrected chi connectivity index (χ2v) is 5.84. The standard InChI is InChI=1S/C13H20O4/c1-9(14)4-5-13(16)11(2)6-10(15)7-12(13,3)17-8-11/h4-5,9,14,16H,6-8H2,1-3H3/b5-4+/t9-,11?,12?,13-/m0/s1. The van der Waals surface area contributed by atoms with Crippen LogP contribution in [-0.2, 0) is 9.53 Å². The largest absolute Gasteiger partial charge is 0.389 e. The second kappa shape index (κ2) is 3.64. The summed E-state index contributed by atoms with van der Waals surface area (Å²) in [4.78, 5) is 11.7. The Morgan fingerprint density at radius 2 is 2.06 bits per heavy atom. The van der Waals surface area contributed by atoms with E-state index in [1.54, 1.807) is 26.0 Å². The number of aliphatic hydroxyl groups is 2. The normalized spacial score (nSPS) is 47.7. The number of rotatable bonds is 2. The highest BCUT2D eigenvalue weighted by Gasteiger charge is 2.67. The van der Waals surface area contributed by atoms with Gasteiger partial charge in [0, 0.05) is 18.3 Å². The lowest BCUT2D eigenvalue weighted by molar-refractivity contribution is -0.151. The summed E-state index contributed by atoms with van der Waals surface area (Å²) in [6.07, 6.45) is 3.09. The minimum atomic E-state index is -1.19. The Morgan fingerprint density at radius 3 is 2.59 bits per heavy atom. The number of ether oxygens (including phenoxy) is 1. The monoisotopic (exact) mass is 240 g/mol. The third-order valence-corrected chi connectivity index (χ3v) is 4.17. The van der Waals surface area contributed by atoms with Crippen molar-refractivity contribution in [3.63, 3.8) is 0 Å². The first kappa shape index (κ1) is 12.7. The van der Waals surface area contributed by atoms with Crippen molar-refractivity contribution in [2.45, 2.75) is 50.9 Å². The highest BCUT2D eigenvalue weighted by atomic mass is 16.5. The zero-order valence-corrected chi connectivity index (χ0v) is 10.6. The maximum absolute atomic E-state index is 11.7. The number of hydrogen-bond acceptors (Lipinski definition) is 4. The van der Waals surface area contributed by atoms with Crippen molar-refractivity contribution in [1.29, 1.82) is 0 Å². The van der Waals surface area contributed by atoms with Crippen molar-refractivity contribution in [3.8, 4) is 0 Å². The summed E-state index contributed by atoms with van der Waals surface area (Å²) < 4.78 is 5.68. The van der Waals surface area contributed by atoms with Crippen molar-refractivity contribution < 1.29 is 19.7 Å². The van der Waals surface area contributed by atoms with Gasteiger partial charge in [-0.2, -0.15) is 0 Å². The van der Waals surface area contributed by atoms with Crippen LogP contribution in [0, 0.1) is 5.41 Å². The summed E-state index contributed by atoms with van der Waals surface area (Å²) in [5.41, 5.74) is -2.66. The molecule has 4 heteroatoms. The number of Topliss-reactive ketones (excluding diaryl/α,β-unsaturated/α-hetero) is 1. The number of ketones is 1. The van der Waals surface area contributed by atoms with Crippen molar-refractivity contribution in [2.24, 2.45) is 5.41 Å². The highest BCUT2D eigenvalue weighted by molar-refractivity contribution is 5.82. The van der Waals surface area contributed by atoms with Gasteiger partial charge in [-0.05, 0) is 13.8 Å². The van der Waals surface area contributed by atoms with E-state index in [1.807, 2.05) is 6.92 Å². The van der Waals surface area contributed by atoms with E-state index < -0.39 is 22.7 Å². The molecule has 2 fully saturated rings. The van der Waals surface area contributed by atoms with Gasteiger partial charge in [0.05, 0.1) is 12.7 Å². The third kappa shape index (κ3) is 1.66. The molecule has 1 saturated carbocycles. The fourth-order valence-corrected chi connectivity index (χ4v) is 3.08. The number of carbonyl (C=O) groups is 1. The van der Waals surface area contributed by atoms with E-state index in [0.717, 1.165) is 0 Å². The average molecular weight is 240 g/mol. The van der Waals surface area contributed by atoms with Gasteiger partial charge in [0.25, 0.3) is 0 Å². The molecule has 0 amide bonds. The van der Waals surface area contributed by atoms with E-state index in [2.05, 4.69) is 0 Å². The van der Waals surface area contributed by atoms with Gasteiger partial charge in [-0.3, -0.25) is 4.79 Å². The van der Waals surface area contributed by atoms with Crippen LogP contribution < -0.4 is 0 Å². The zero-order chi connectivity index (χ0) is 12.9. The van der Waals surface area contributed by atoms with Crippen molar-refractivity contribution in [2.75, 3.05) is 6.61 Å². The summed E-state index contributed by atoms with van der Waals surface area (Å²) >= 11 is 0. The highest BCUT2D eigenvalue weighted by Crippen LogP contribution is 2.56. The SMILES string of the molecule is C[C@H](O)/C=C/[C@]1(O)C2(C)COC1(C)CC(=O)C2. The number of fused-ring (bicyclic) bond motifs is 2. The van der Waals surface area contributed by atoms with Crippen molar-refractivity contribution in [3.05, 3.63) is 12.2 Å². The van der Waals surface area contributed by atoms with Gasteiger partial charge in [-0.1, -0.05) is 19.1 Å². The van der Waals surface area contributed by atoms with Crippen molar-refractivity contribution in [1.82, 2.24) is 0 Å². The molecule has 2 rings (SSSR count). The molecule has 4 nitrogen and oxygen atoms in total. The Bertz CT molecular complexity index is 352. The second-order valence-electron chi connectivity index (χ2n) is 5.84. The first-order valence-corrected chi connectivity index (χ1v) is 5.98. The fourth-order valence-electron chi connectivity index (χ4n) is 3.08. The molecule has 2 bridgehead atoms. The Balaban J connectivity index is 2.42. The molecule has 0 aromatic carbocycles. The molecule has 1 aliphatic carbocycles. The molecule has 17 heavy (non-hydrogen) atoms. The summed E-state index contributed by atoms with van der Waals surface area (Å²) in [5, 5.41) is 20.2. The molecule has 1 aliphatic heterocycles. The Kier molecular flexibility index (Phi) is 2.73. The van der Waals surface area contributed by atoms with Crippen molar-refractivity contribution >= 4 is 5.78 Å². The lowest BCUT2D eigenvalue weighted by Gasteiger charge is -2.47. The van der Waals surface area contributed by atoms with Crippen LogP contribution in [0.2, 0.25) is 0 Å². The van der Waals surface area contributed by atoms with Gasteiger partial charge < -0.3 is 14.9 Å². The maximum atomic E-state index is 11.7. The molecule has 2 N–H and O–H groups in total. The Morgan fingerprint density at radius 1 is 1.41 bits per heavy atom. The third-order valence-electron chi connectivity index (χ3n) is 4.17. The topological polar surface area (TPSA) is 66.8 Å². The van der Waals surface area contributed by atoms with Gasteiger partial charge in [0.2, 0.25) is 0 Å². The minimum Gasteiger partial charge on any atom is -0.389 e. The number of hydrogen-bond donors (Lipinski definition) is 2. The smallest absolute Gasteiger partial charge is 0.136 e. The molecule has 1 heterocycles. The summed E-state index contributed by atoms with van der Waals surface area (Å²) in [5.74, 6) is 0.127. The van der Waals surface area contributed by atoms with Crippen LogP contribution in [0.4, 0.5) is 0 Å². The number of carbonyl (C=O) groups excluding carboxylic acids is 1. The number of aliphatic hydroxyl groups excluding tert-OH is 1. The van der Waals surface area contributed by atoms with Crippen LogP contribution in [0.5, 0.6) is 0 Å². The van der Waals surface area contributed by atoms with E-state index in [1.165, 1.54) is 0 Å². The molecule has 0 aromatic heterocycles. The van der Waals surface area contributed by atoms with Gasteiger partial charge in [0.1, 0.15) is 17.0 Å². The molecule has 1 saturated heterocycles. The predicted octanol–water partition coefficient (Wildman–Crippen LogP) is 0.813.